The van der Waals surface area contributed by atoms with Gasteiger partial charge in [0.25, 0.3) is 0 Å². The van der Waals surface area contributed by atoms with Crippen LogP contribution in [0, 0.1) is 0 Å². The molecule has 1 heteroatoms. The molecule has 0 heterocycles. The van der Waals surface area contributed by atoms with Gasteiger partial charge in [-0.1, -0.05) is 72.8 Å². The van der Waals surface area contributed by atoms with Crippen LogP contribution in [-0.2, 0) is 0 Å². The van der Waals surface area contributed by atoms with Crippen molar-refractivity contribution in [2.45, 2.75) is 0 Å². The summed E-state index contributed by atoms with van der Waals surface area (Å²) in [6, 6.07) is 20.6. The number of hydrogen-bond donors (Lipinski definition) is 0. The van der Waals surface area contributed by atoms with E-state index in [2.05, 4.69) is 36.4 Å². The molecule has 0 atom stereocenters. The first kappa shape index (κ1) is 11.8. The summed E-state index contributed by atoms with van der Waals surface area (Å²) in [6.07, 6.45) is 4.24. The number of rotatable bonds is 2. The SMILES string of the molecule is C(=Cc1ccccc1)c1ccccc1.[LiH]. The summed E-state index contributed by atoms with van der Waals surface area (Å²) in [4.78, 5) is 0. The average Bonchev–Trinajstić information content (AvgIpc) is 2.29. The zero-order chi connectivity index (χ0) is 9.64. The third-order valence-electron chi connectivity index (χ3n) is 2.07. The maximum atomic E-state index is 2.12. The first-order chi connectivity index (χ1) is 6.95. The van der Waals surface area contributed by atoms with Crippen LogP contribution >= 0.6 is 0 Å². The predicted octanol–water partition coefficient (Wildman–Crippen LogP) is 3.21. The predicted molar refractivity (Wildman–Crippen MR) is 69.0 cm³/mol. The Labute approximate surface area is 103 Å². The molecule has 0 N–H and O–H groups in total. The number of benzene rings is 2. The van der Waals surface area contributed by atoms with Gasteiger partial charge in [-0.2, -0.15) is 0 Å². The molecule has 0 amide bonds. The molecule has 0 spiro atoms. The van der Waals surface area contributed by atoms with Crippen LogP contribution in [0.4, 0.5) is 0 Å². The Balaban J connectivity index is 0.00000112. The minimum atomic E-state index is 0. The van der Waals surface area contributed by atoms with Gasteiger partial charge in [0, 0.05) is 0 Å². The van der Waals surface area contributed by atoms with E-state index in [1.54, 1.807) is 0 Å². The fourth-order valence-electron chi connectivity index (χ4n) is 1.32. The van der Waals surface area contributed by atoms with Gasteiger partial charge < -0.3 is 0 Å². The molecule has 0 aromatic heterocycles. The van der Waals surface area contributed by atoms with Gasteiger partial charge in [-0.25, -0.2) is 0 Å². The fraction of sp³-hybridized carbons (Fsp3) is 0. The molecule has 0 nitrogen and oxygen atoms in total. The van der Waals surface area contributed by atoms with Gasteiger partial charge in [0.2, 0.25) is 0 Å². The van der Waals surface area contributed by atoms with E-state index in [-0.39, 0.29) is 18.9 Å². The van der Waals surface area contributed by atoms with E-state index in [0.29, 0.717) is 0 Å². The Morgan fingerprint density at radius 2 is 0.867 bits per heavy atom. The molecule has 70 valence electrons. The van der Waals surface area contributed by atoms with Crippen LogP contribution < -0.4 is 0 Å². The van der Waals surface area contributed by atoms with Gasteiger partial charge in [0.15, 0.2) is 0 Å². The summed E-state index contributed by atoms with van der Waals surface area (Å²) >= 11 is 0. The molecular formula is C14H13Li. The average molecular weight is 188 g/mol. The van der Waals surface area contributed by atoms with E-state index in [1.807, 2.05) is 36.4 Å². The molecule has 15 heavy (non-hydrogen) atoms. The molecule has 2 aromatic carbocycles. The van der Waals surface area contributed by atoms with Crippen molar-refractivity contribution in [2.75, 3.05) is 0 Å². The van der Waals surface area contributed by atoms with Crippen molar-refractivity contribution in [1.29, 1.82) is 0 Å². The van der Waals surface area contributed by atoms with Crippen molar-refractivity contribution >= 4 is 31.0 Å². The quantitative estimate of drug-likeness (QED) is 0.501. The van der Waals surface area contributed by atoms with Gasteiger partial charge >= 0.3 is 18.9 Å². The van der Waals surface area contributed by atoms with Crippen molar-refractivity contribution in [3.8, 4) is 0 Å². The van der Waals surface area contributed by atoms with Crippen LogP contribution in [-0.4, -0.2) is 18.9 Å². The summed E-state index contributed by atoms with van der Waals surface area (Å²) < 4.78 is 0. The zero-order valence-electron chi connectivity index (χ0n) is 7.93. The molecule has 0 aliphatic heterocycles. The van der Waals surface area contributed by atoms with Crippen LogP contribution in [0.5, 0.6) is 0 Å². The Morgan fingerprint density at radius 3 is 1.20 bits per heavy atom. The molecule has 0 fully saturated rings. The van der Waals surface area contributed by atoms with Crippen LogP contribution in [0.25, 0.3) is 12.2 Å². The Kier molecular flexibility index (Phi) is 4.97. The van der Waals surface area contributed by atoms with E-state index >= 15 is 0 Å². The second-order valence-corrected chi connectivity index (χ2v) is 3.15. The molecule has 0 bridgehead atoms. The summed E-state index contributed by atoms with van der Waals surface area (Å²) in [5.74, 6) is 0. The zero-order valence-corrected chi connectivity index (χ0v) is 7.93. The van der Waals surface area contributed by atoms with Crippen molar-refractivity contribution in [3.63, 3.8) is 0 Å². The molecule has 0 aliphatic carbocycles. The summed E-state index contributed by atoms with van der Waals surface area (Å²) in [7, 11) is 0. The third-order valence-corrected chi connectivity index (χ3v) is 2.07. The van der Waals surface area contributed by atoms with Crippen LogP contribution in [0.2, 0.25) is 0 Å². The van der Waals surface area contributed by atoms with E-state index < -0.39 is 0 Å². The molecule has 2 aromatic rings. The summed E-state index contributed by atoms with van der Waals surface area (Å²) in [5, 5.41) is 0. The van der Waals surface area contributed by atoms with Crippen molar-refractivity contribution in [3.05, 3.63) is 71.8 Å². The molecule has 0 aliphatic rings. The molecule has 0 unspecified atom stereocenters. The molecule has 0 radical (unpaired) electrons. The second kappa shape index (κ2) is 6.30. The topological polar surface area (TPSA) is 0 Å². The molecule has 0 saturated heterocycles. The molecule has 2 rings (SSSR count). The Bertz CT molecular complexity index is 362. The van der Waals surface area contributed by atoms with Gasteiger partial charge in [-0.3, -0.25) is 0 Å². The van der Waals surface area contributed by atoms with Crippen molar-refractivity contribution in [2.24, 2.45) is 0 Å². The van der Waals surface area contributed by atoms with Crippen molar-refractivity contribution < 1.29 is 0 Å². The fourth-order valence-corrected chi connectivity index (χ4v) is 1.32. The molecular weight excluding hydrogens is 175 g/mol. The first-order valence-corrected chi connectivity index (χ1v) is 4.73. The summed E-state index contributed by atoms with van der Waals surface area (Å²) in [5.41, 5.74) is 2.47. The summed E-state index contributed by atoms with van der Waals surface area (Å²) in [6.45, 7) is 0. The third kappa shape index (κ3) is 3.79. The van der Waals surface area contributed by atoms with Crippen molar-refractivity contribution in [1.82, 2.24) is 0 Å². The normalized spacial score (nSPS) is 9.87. The van der Waals surface area contributed by atoms with E-state index in [1.165, 1.54) is 11.1 Å². The standard InChI is InChI=1S/C14H12.Li.H/c1-3-7-13(8-4-1)11-12-14-9-5-2-6-10-14;;/h1-12H;;. The van der Waals surface area contributed by atoms with E-state index in [9.17, 15) is 0 Å². The monoisotopic (exact) mass is 188 g/mol. The minimum absolute atomic E-state index is 0. The Morgan fingerprint density at radius 1 is 0.533 bits per heavy atom. The first-order valence-electron chi connectivity index (χ1n) is 4.73. The van der Waals surface area contributed by atoms with Gasteiger partial charge in [0.05, 0.1) is 0 Å². The van der Waals surface area contributed by atoms with Gasteiger partial charge in [-0.15, -0.1) is 0 Å². The van der Waals surface area contributed by atoms with Gasteiger partial charge in [-0.05, 0) is 11.1 Å². The number of hydrogen-bond acceptors (Lipinski definition) is 0. The van der Waals surface area contributed by atoms with Crippen LogP contribution in [0.15, 0.2) is 60.7 Å². The second-order valence-electron chi connectivity index (χ2n) is 3.15. The maximum absolute atomic E-state index is 2.12. The molecule has 0 saturated carbocycles. The van der Waals surface area contributed by atoms with Gasteiger partial charge in [0.1, 0.15) is 0 Å². The van der Waals surface area contributed by atoms with E-state index in [0.717, 1.165) is 0 Å². The Hall–Kier alpha value is -1.22. The van der Waals surface area contributed by atoms with Crippen LogP contribution in [0.1, 0.15) is 11.1 Å². The van der Waals surface area contributed by atoms with Crippen LogP contribution in [0.3, 0.4) is 0 Å². The van der Waals surface area contributed by atoms with E-state index in [4.69, 9.17) is 0 Å².